The minimum Gasteiger partial charge on any atom is -0.484 e. The maximum absolute atomic E-state index is 13.5. The van der Waals surface area contributed by atoms with Crippen LogP contribution in [-0.2, 0) is 4.79 Å². The van der Waals surface area contributed by atoms with Gasteiger partial charge in [0.05, 0.1) is 11.2 Å². The summed E-state index contributed by atoms with van der Waals surface area (Å²) >= 11 is 5.63. The first kappa shape index (κ1) is 23.2. The van der Waals surface area contributed by atoms with Crippen LogP contribution < -0.4 is 20.1 Å². The zero-order chi connectivity index (χ0) is 23.6. The van der Waals surface area contributed by atoms with Crippen molar-refractivity contribution in [3.63, 3.8) is 0 Å². The van der Waals surface area contributed by atoms with E-state index < -0.39 is 23.9 Å². The van der Waals surface area contributed by atoms with Crippen LogP contribution in [0.2, 0.25) is 5.02 Å². The van der Waals surface area contributed by atoms with Gasteiger partial charge in [0.2, 0.25) is 0 Å². The SMILES string of the molecule is O=C(COc1ccc(Cl)c(F)c1)NC1CC2(NC(=O)c3ccc(OC(F)F)cn3)CCC1C2. The molecule has 2 saturated carbocycles. The van der Waals surface area contributed by atoms with E-state index in [2.05, 4.69) is 20.4 Å². The highest BCUT2D eigenvalue weighted by Gasteiger charge is 2.51. The number of carbonyl (C=O) groups excluding carboxylic acids is 2. The summed E-state index contributed by atoms with van der Waals surface area (Å²) in [5, 5.41) is 5.90. The molecule has 176 valence electrons. The molecule has 2 N–H and O–H groups in total. The van der Waals surface area contributed by atoms with Gasteiger partial charge in [-0.2, -0.15) is 8.78 Å². The standard InChI is InChI=1S/C22H21ClF3N3O4/c23-15-3-1-13(7-16(15)24)32-11-19(30)28-18-9-22(6-5-12(18)8-22)29-20(31)17-4-2-14(10-27-17)33-21(25)26/h1-4,7,10,12,18,21H,5-6,8-9,11H2,(H,28,30)(H,29,31). The number of pyridine rings is 1. The number of nitrogens with zero attached hydrogens (tertiary/aromatic N) is 1. The van der Waals surface area contributed by atoms with E-state index in [1.807, 2.05) is 0 Å². The number of alkyl halides is 2. The quantitative estimate of drug-likeness (QED) is 0.597. The number of benzene rings is 1. The van der Waals surface area contributed by atoms with E-state index in [4.69, 9.17) is 16.3 Å². The average molecular weight is 484 g/mol. The third-order valence-electron chi connectivity index (χ3n) is 6.01. The second-order valence-corrected chi connectivity index (χ2v) is 8.64. The number of hydrogen-bond acceptors (Lipinski definition) is 5. The Labute approximate surface area is 192 Å². The summed E-state index contributed by atoms with van der Waals surface area (Å²) in [5.74, 6) is -1.13. The lowest BCUT2D eigenvalue weighted by Gasteiger charge is -2.31. The molecule has 1 heterocycles. The van der Waals surface area contributed by atoms with Crippen LogP contribution in [0.15, 0.2) is 36.5 Å². The fourth-order valence-electron chi connectivity index (χ4n) is 4.57. The molecule has 2 amide bonds. The van der Waals surface area contributed by atoms with E-state index in [1.165, 1.54) is 24.3 Å². The molecule has 2 aliphatic rings. The zero-order valence-electron chi connectivity index (χ0n) is 17.3. The Morgan fingerprint density at radius 2 is 2.00 bits per heavy atom. The summed E-state index contributed by atoms with van der Waals surface area (Å²) in [6, 6.07) is 6.38. The van der Waals surface area contributed by atoms with Crippen LogP contribution in [0, 0.1) is 11.7 Å². The Balaban J connectivity index is 1.29. The fourth-order valence-corrected chi connectivity index (χ4v) is 4.69. The molecule has 2 fully saturated rings. The molecule has 0 spiro atoms. The first-order valence-electron chi connectivity index (χ1n) is 10.3. The highest BCUT2D eigenvalue weighted by molar-refractivity contribution is 6.30. The van der Waals surface area contributed by atoms with E-state index in [0.29, 0.717) is 12.8 Å². The van der Waals surface area contributed by atoms with Crippen molar-refractivity contribution in [3.05, 3.63) is 53.1 Å². The van der Waals surface area contributed by atoms with E-state index in [0.717, 1.165) is 25.1 Å². The number of aromatic nitrogens is 1. The second-order valence-electron chi connectivity index (χ2n) is 8.24. The van der Waals surface area contributed by atoms with Crippen molar-refractivity contribution in [2.24, 2.45) is 5.92 Å². The van der Waals surface area contributed by atoms with Gasteiger partial charge in [-0.15, -0.1) is 0 Å². The lowest BCUT2D eigenvalue weighted by atomic mass is 9.90. The summed E-state index contributed by atoms with van der Waals surface area (Å²) in [6.45, 7) is -3.25. The molecule has 0 saturated heterocycles. The molecule has 1 aromatic carbocycles. The highest BCUT2D eigenvalue weighted by Crippen LogP contribution is 2.48. The van der Waals surface area contributed by atoms with Crippen molar-refractivity contribution in [1.29, 1.82) is 0 Å². The third kappa shape index (κ3) is 5.50. The van der Waals surface area contributed by atoms with Gasteiger partial charge in [-0.25, -0.2) is 9.37 Å². The molecule has 0 radical (unpaired) electrons. The van der Waals surface area contributed by atoms with Crippen molar-refractivity contribution in [2.75, 3.05) is 6.61 Å². The normalized spacial score (nSPS) is 23.4. The van der Waals surface area contributed by atoms with E-state index in [1.54, 1.807) is 0 Å². The molecule has 2 aliphatic carbocycles. The van der Waals surface area contributed by atoms with Crippen molar-refractivity contribution >= 4 is 23.4 Å². The van der Waals surface area contributed by atoms with Crippen LogP contribution in [0.25, 0.3) is 0 Å². The van der Waals surface area contributed by atoms with Crippen LogP contribution >= 0.6 is 11.6 Å². The van der Waals surface area contributed by atoms with E-state index in [9.17, 15) is 22.8 Å². The Morgan fingerprint density at radius 1 is 1.21 bits per heavy atom. The first-order valence-corrected chi connectivity index (χ1v) is 10.7. The van der Waals surface area contributed by atoms with Gasteiger partial charge < -0.3 is 20.1 Å². The first-order chi connectivity index (χ1) is 15.7. The topological polar surface area (TPSA) is 89.6 Å². The maximum Gasteiger partial charge on any atom is 0.387 e. The molecular formula is C22H21ClF3N3O4. The van der Waals surface area contributed by atoms with E-state index >= 15 is 0 Å². The second kappa shape index (κ2) is 9.46. The van der Waals surface area contributed by atoms with Gasteiger partial charge in [0.25, 0.3) is 11.8 Å². The Hall–Kier alpha value is -3.01. The van der Waals surface area contributed by atoms with Gasteiger partial charge >= 0.3 is 6.61 Å². The lowest BCUT2D eigenvalue weighted by Crippen LogP contribution is -2.49. The summed E-state index contributed by atoms with van der Waals surface area (Å²) in [7, 11) is 0. The third-order valence-corrected chi connectivity index (χ3v) is 6.31. The van der Waals surface area contributed by atoms with Gasteiger partial charge in [-0.05, 0) is 55.9 Å². The minimum atomic E-state index is -2.97. The maximum atomic E-state index is 13.5. The highest BCUT2D eigenvalue weighted by atomic mass is 35.5. The molecule has 7 nitrogen and oxygen atoms in total. The number of ether oxygens (including phenoxy) is 2. The van der Waals surface area contributed by atoms with Crippen LogP contribution in [0.4, 0.5) is 13.2 Å². The van der Waals surface area contributed by atoms with Crippen molar-refractivity contribution in [1.82, 2.24) is 15.6 Å². The van der Waals surface area contributed by atoms with Gasteiger partial charge in [0.15, 0.2) is 6.61 Å². The number of nitrogens with one attached hydrogen (secondary N) is 2. The Bertz CT molecular complexity index is 1040. The molecule has 3 unspecified atom stereocenters. The monoisotopic (exact) mass is 483 g/mol. The summed E-state index contributed by atoms with van der Waals surface area (Å²) in [5.41, 5.74) is -0.384. The molecular weight excluding hydrogens is 463 g/mol. The van der Waals surface area contributed by atoms with Crippen molar-refractivity contribution in [3.8, 4) is 11.5 Å². The summed E-state index contributed by atoms with van der Waals surface area (Å²) < 4.78 is 47.6. The van der Waals surface area contributed by atoms with Crippen molar-refractivity contribution < 1.29 is 32.2 Å². The number of rotatable bonds is 8. The van der Waals surface area contributed by atoms with Crippen LogP contribution in [0.1, 0.15) is 36.2 Å². The van der Waals surface area contributed by atoms with Gasteiger partial charge in [-0.3, -0.25) is 9.59 Å². The summed E-state index contributed by atoms with van der Waals surface area (Å²) in [6.07, 6.45) is 3.93. The Kier molecular flexibility index (Phi) is 6.64. The molecule has 2 aromatic rings. The Morgan fingerprint density at radius 3 is 2.70 bits per heavy atom. The predicted octanol–water partition coefficient (Wildman–Crippen LogP) is 3.71. The average Bonchev–Trinajstić information content (AvgIpc) is 3.32. The molecule has 3 atom stereocenters. The zero-order valence-corrected chi connectivity index (χ0v) is 18.1. The van der Waals surface area contributed by atoms with E-state index in [-0.39, 0.29) is 46.7 Å². The van der Waals surface area contributed by atoms with Crippen LogP contribution in [-0.4, -0.2) is 41.6 Å². The molecule has 0 aliphatic heterocycles. The molecule has 4 rings (SSSR count). The fraction of sp³-hybridized carbons (Fsp3) is 0.409. The van der Waals surface area contributed by atoms with Crippen LogP contribution in [0.5, 0.6) is 11.5 Å². The summed E-state index contributed by atoms with van der Waals surface area (Å²) in [4.78, 5) is 28.9. The van der Waals surface area contributed by atoms with Gasteiger partial charge in [0.1, 0.15) is 23.0 Å². The number of fused-ring (bicyclic) bond motifs is 2. The smallest absolute Gasteiger partial charge is 0.387 e. The van der Waals surface area contributed by atoms with Crippen LogP contribution in [0.3, 0.4) is 0 Å². The number of hydrogen-bond donors (Lipinski definition) is 2. The number of halogens is 4. The van der Waals surface area contributed by atoms with Gasteiger partial charge in [0, 0.05) is 17.6 Å². The van der Waals surface area contributed by atoms with Crippen molar-refractivity contribution in [2.45, 2.75) is 43.9 Å². The minimum absolute atomic E-state index is 0.0336. The molecule has 2 bridgehead atoms. The number of carbonyl (C=O) groups is 2. The van der Waals surface area contributed by atoms with Gasteiger partial charge in [-0.1, -0.05) is 11.6 Å². The number of amides is 2. The largest absolute Gasteiger partial charge is 0.484 e. The molecule has 1 aromatic heterocycles. The molecule has 33 heavy (non-hydrogen) atoms. The molecule has 11 heteroatoms. The lowest BCUT2D eigenvalue weighted by molar-refractivity contribution is -0.124. The predicted molar refractivity (Wildman–Crippen MR) is 112 cm³/mol.